The number of nitrogens with zero attached hydrogens (tertiary/aromatic N) is 2. The van der Waals surface area contributed by atoms with Gasteiger partial charge in [-0.05, 0) is 19.4 Å². The molecule has 1 rings (SSSR count). The Kier molecular flexibility index (Phi) is 14.3. The maximum Gasteiger partial charge on any atom is 0.120 e. The lowest BCUT2D eigenvalue weighted by Crippen LogP contribution is -2.47. The number of hydrogen-bond acceptors (Lipinski definition) is 7. The summed E-state index contributed by atoms with van der Waals surface area (Å²) in [4.78, 5) is 15.0. The zero-order valence-electron chi connectivity index (χ0n) is 15.1. The Balaban J connectivity index is 1.81. The van der Waals surface area contributed by atoms with E-state index in [2.05, 4.69) is 9.80 Å². The second-order valence-electron chi connectivity index (χ2n) is 5.88. The predicted octanol–water partition coefficient (Wildman–Crippen LogP) is 0.627. The maximum absolute atomic E-state index is 10.3. The molecule has 0 radical (unpaired) electrons. The highest BCUT2D eigenvalue weighted by molar-refractivity contribution is 5.48. The lowest BCUT2D eigenvalue weighted by atomic mass is 10.2. The molecule has 0 aliphatic carbocycles. The van der Waals surface area contributed by atoms with E-state index in [1.54, 1.807) is 7.11 Å². The summed E-state index contributed by atoms with van der Waals surface area (Å²) in [5.74, 6) is 0. The minimum Gasteiger partial charge on any atom is -0.385 e. The van der Waals surface area contributed by atoms with Gasteiger partial charge in [0.2, 0.25) is 0 Å². The molecule has 1 fully saturated rings. The van der Waals surface area contributed by atoms with Crippen molar-refractivity contribution in [3.8, 4) is 0 Å². The van der Waals surface area contributed by atoms with E-state index in [0.29, 0.717) is 39.6 Å². The van der Waals surface area contributed by atoms with Crippen LogP contribution >= 0.6 is 0 Å². The summed E-state index contributed by atoms with van der Waals surface area (Å²) >= 11 is 0. The summed E-state index contributed by atoms with van der Waals surface area (Å²) in [7, 11) is 1.69. The standard InChI is InChI=1S/C17H34N2O5/c1-21-11-4-12-22-13-14-23-15-16-24-17-19-8-6-18(7-9-19)5-2-3-10-20/h10H,2-9,11-17H2,1H3. The average Bonchev–Trinajstić information content (AvgIpc) is 2.61. The third-order valence-electron chi connectivity index (χ3n) is 3.92. The second-order valence-corrected chi connectivity index (χ2v) is 5.88. The van der Waals surface area contributed by atoms with Gasteiger partial charge >= 0.3 is 0 Å². The number of carbonyl (C=O) groups excluding carboxylic acids is 1. The van der Waals surface area contributed by atoms with E-state index in [-0.39, 0.29) is 0 Å². The zero-order chi connectivity index (χ0) is 17.3. The fraction of sp³-hybridized carbons (Fsp3) is 0.941. The van der Waals surface area contributed by atoms with Crippen molar-refractivity contribution in [3.63, 3.8) is 0 Å². The molecule has 0 spiro atoms. The monoisotopic (exact) mass is 346 g/mol. The number of aldehydes is 1. The van der Waals surface area contributed by atoms with Crippen LogP contribution in [0, 0.1) is 0 Å². The number of hydrogen-bond donors (Lipinski definition) is 0. The predicted molar refractivity (Wildman–Crippen MR) is 92.3 cm³/mol. The molecule has 1 heterocycles. The molecular weight excluding hydrogens is 312 g/mol. The van der Waals surface area contributed by atoms with Crippen molar-refractivity contribution in [2.75, 3.05) is 86.2 Å². The normalized spacial score (nSPS) is 16.5. The van der Waals surface area contributed by atoms with Crippen LogP contribution in [0.5, 0.6) is 0 Å². The third-order valence-corrected chi connectivity index (χ3v) is 3.92. The van der Waals surface area contributed by atoms with Gasteiger partial charge in [-0.3, -0.25) is 4.90 Å². The van der Waals surface area contributed by atoms with Crippen molar-refractivity contribution < 1.29 is 23.7 Å². The number of carbonyl (C=O) groups is 1. The topological polar surface area (TPSA) is 60.5 Å². The molecule has 0 bridgehead atoms. The molecule has 0 saturated carbocycles. The fourth-order valence-corrected chi connectivity index (χ4v) is 2.48. The van der Waals surface area contributed by atoms with E-state index in [4.69, 9.17) is 18.9 Å². The molecule has 142 valence electrons. The number of rotatable bonds is 16. The van der Waals surface area contributed by atoms with Gasteiger partial charge in [0, 0.05) is 52.9 Å². The first-order chi connectivity index (χ1) is 11.9. The van der Waals surface area contributed by atoms with Gasteiger partial charge in [-0.1, -0.05) is 0 Å². The van der Waals surface area contributed by atoms with Crippen LogP contribution in [0.15, 0.2) is 0 Å². The van der Waals surface area contributed by atoms with E-state index in [9.17, 15) is 4.79 Å². The van der Waals surface area contributed by atoms with Crippen molar-refractivity contribution >= 4 is 6.29 Å². The first-order valence-corrected chi connectivity index (χ1v) is 8.97. The van der Waals surface area contributed by atoms with Crippen molar-refractivity contribution in [1.82, 2.24) is 9.80 Å². The highest BCUT2D eigenvalue weighted by atomic mass is 16.5. The summed E-state index contributed by atoms with van der Waals surface area (Å²) in [6, 6.07) is 0. The number of ether oxygens (including phenoxy) is 4. The molecule has 0 aromatic carbocycles. The van der Waals surface area contributed by atoms with Crippen molar-refractivity contribution in [2.24, 2.45) is 0 Å². The molecule has 0 N–H and O–H groups in total. The molecule has 0 aromatic rings. The van der Waals surface area contributed by atoms with Crippen LogP contribution in [0.1, 0.15) is 19.3 Å². The summed E-state index contributed by atoms with van der Waals surface area (Å²) in [5.41, 5.74) is 0. The molecule has 0 aromatic heterocycles. The number of piperazine rings is 1. The van der Waals surface area contributed by atoms with Gasteiger partial charge in [0.05, 0.1) is 33.2 Å². The van der Waals surface area contributed by atoms with Gasteiger partial charge < -0.3 is 28.6 Å². The highest BCUT2D eigenvalue weighted by Crippen LogP contribution is 2.03. The second kappa shape index (κ2) is 15.9. The van der Waals surface area contributed by atoms with Crippen molar-refractivity contribution in [1.29, 1.82) is 0 Å². The van der Waals surface area contributed by atoms with Crippen LogP contribution in [0.25, 0.3) is 0 Å². The van der Waals surface area contributed by atoms with Gasteiger partial charge in [0.15, 0.2) is 0 Å². The molecule has 1 saturated heterocycles. The Morgan fingerprint density at radius 2 is 1.42 bits per heavy atom. The lowest BCUT2D eigenvalue weighted by Gasteiger charge is -2.34. The number of methoxy groups -OCH3 is 1. The Hall–Kier alpha value is -0.570. The summed E-state index contributed by atoms with van der Waals surface area (Å²) < 4.78 is 21.5. The molecule has 1 aliphatic heterocycles. The van der Waals surface area contributed by atoms with Crippen LogP contribution < -0.4 is 0 Å². The van der Waals surface area contributed by atoms with Crippen molar-refractivity contribution in [3.05, 3.63) is 0 Å². The highest BCUT2D eigenvalue weighted by Gasteiger charge is 2.15. The van der Waals surface area contributed by atoms with Crippen LogP contribution in [-0.2, 0) is 23.7 Å². The molecular formula is C17H34N2O5. The summed E-state index contributed by atoms with van der Waals surface area (Å²) in [6.45, 7) is 9.75. The minimum absolute atomic E-state index is 0.604. The molecule has 0 unspecified atom stereocenters. The summed E-state index contributed by atoms with van der Waals surface area (Å²) in [6.07, 6.45) is 3.55. The fourth-order valence-electron chi connectivity index (χ4n) is 2.48. The molecule has 7 heteroatoms. The molecule has 24 heavy (non-hydrogen) atoms. The molecule has 0 amide bonds. The third kappa shape index (κ3) is 11.9. The van der Waals surface area contributed by atoms with Gasteiger partial charge in [0.1, 0.15) is 6.29 Å². The van der Waals surface area contributed by atoms with Crippen LogP contribution in [0.3, 0.4) is 0 Å². The molecule has 0 atom stereocenters. The van der Waals surface area contributed by atoms with E-state index in [0.717, 1.165) is 65.1 Å². The van der Waals surface area contributed by atoms with Crippen LogP contribution in [0.4, 0.5) is 0 Å². The smallest absolute Gasteiger partial charge is 0.120 e. The maximum atomic E-state index is 10.3. The SMILES string of the molecule is COCCCOCCOCCOCN1CCN(CCCC=O)CC1. The Bertz CT molecular complexity index is 286. The van der Waals surface area contributed by atoms with Gasteiger partial charge in [-0.2, -0.15) is 0 Å². The lowest BCUT2D eigenvalue weighted by molar-refractivity contribution is -0.108. The number of unbranched alkanes of at least 4 members (excludes halogenated alkanes) is 1. The van der Waals surface area contributed by atoms with E-state index >= 15 is 0 Å². The minimum atomic E-state index is 0.604. The first kappa shape index (κ1) is 21.5. The van der Waals surface area contributed by atoms with Crippen molar-refractivity contribution in [2.45, 2.75) is 19.3 Å². The van der Waals surface area contributed by atoms with Gasteiger partial charge in [-0.15, -0.1) is 0 Å². The largest absolute Gasteiger partial charge is 0.385 e. The Labute approximate surface area is 146 Å². The van der Waals surface area contributed by atoms with E-state index in [1.807, 2.05) is 0 Å². The quantitative estimate of drug-likeness (QED) is 0.300. The summed E-state index contributed by atoms with van der Waals surface area (Å²) in [5, 5.41) is 0. The first-order valence-electron chi connectivity index (χ1n) is 8.97. The molecule has 1 aliphatic rings. The van der Waals surface area contributed by atoms with Crippen LogP contribution in [-0.4, -0.2) is 102 Å². The van der Waals surface area contributed by atoms with Gasteiger partial charge in [-0.25, -0.2) is 0 Å². The average molecular weight is 346 g/mol. The molecule has 7 nitrogen and oxygen atoms in total. The van der Waals surface area contributed by atoms with Gasteiger partial charge in [0.25, 0.3) is 0 Å². The Morgan fingerprint density at radius 1 is 0.792 bits per heavy atom. The zero-order valence-corrected chi connectivity index (χ0v) is 15.1. The Morgan fingerprint density at radius 3 is 2.08 bits per heavy atom. The van der Waals surface area contributed by atoms with E-state index in [1.165, 1.54) is 0 Å². The van der Waals surface area contributed by atoms with Crippen LogP contribution in [0.2, 0.25) is 0 Å². The van der Waals surface area contributed by atoms with E-state index < -0.39 is 0 Å².